The van der Waals surface area contributed by atoms with Crippen LogP contribution in [0.4, 0.5) is 10.1 Å². The molecule has 132 valence electrons. The predicted octanol–water partition coefficient (Wildman–Crippen LogP) is 5.04. The number of H-pyrrole nitrogens is 1. The minimum absolute atomic E-state index is 0.195. The van der Waals surface area contributed by atoms with E-state index in [-0.39, 0.29) is 5.82 Å². The Labute approximate surface area is 149 Å². The van der Waals surface area contributed by atoms with Gasteiger partial charge in [0.05, 0.1) is 12.2 Å². The molecule has 0 aliphatic carbocycles. The smallest absolute Gasteiger partial charge is 0.123 e. The van der Waals surface area contributed by atoms with E-state index >= 15 is 0 Å². The number of halogens is 1. The number of benzene rings is 1. The molecule has 1 aromatic carbocycles. The monoisotopic (exact) mass is 339 g/mol. The number of nitrogens with one attached hydrogen (secondary N) is 1. The molecule has 25 heavy (non-hydrogen) atoms. The maximum atomic E-state index is 13.3. The van der Waals surface area contributed by atoms with Crippen molar-refractivity contribution in [3.05, 3.63) is 59.3 Å². The van der Waals surface area contributed by atoms with Gasteiger partial charge in [-0.1, -0.05) is 0 Å². The molecule has 1 saturated heterocycles. The van der Waals surface area contributed by atoms with Gasteiger partial charge in [-0.25, -0.2) is 4.39 Å². The standard InChI is InChI=1S/C21H26FN3/c1-14-11-19-20(23-14)12-24(18-9-7-17(22)8-10-18)13-21(19)25-15(2)5-4-6-16(25)3/h7-11,13,15-16,23H,4-6,12H2,1-3H3. The Morgan fingerprint density at radius 2 is 1.76 bits per heavy atom. The summed E-state index contributed by atoms with van der Waals surface area (Å²) in [5, 5.41) is 0. The normalized spacial score (nSPS) is 23.4. The lowest BCUT2D eigenvalue weighted by Crippen LogP contribution is -2.43. The summed E-state index contributed by atoms with van der Waals surface area (Å²) in [6.07, 6.45) is 6.02. The van der Waals surface area contributed by atoms with E-state index in [9.17, 15) is 4.39 Å². The van der Waals surface area contributed by atoms with Crippen LogP contribution in [0, 0.1) is 12.7 Å². The van der Waals surface area contributed by atoms with E-state index in [0.717, 1.165) is 12.2 Å². The number of aryl methyl sites for hydroxylation is 1. The second kappa shape index (κ2) is 6.25. The number of fused-ring (bicyclic) bond motifs is 1. The fourth-order valence-electron chi connectivity index (χ4n) is 4.33. The van der Waals surface area contributed by atoms with Crippen LogP contribution in [0.3, 0.4) is 0 Å². The van der Waals surface area contributed by atoms with E-state index in [0.29, 0.717) is 12.1 Å². The van der Waals surface area contributed by atoms with Crippen LogP contribution in [0.5, 0.6) is 0 Å². The molecule has 0 radical (unpaired) electrons. The molecule has 0 amide bonds. The minimum atomic E-state index is -0.195. The summed E-state index contributed by atoms with van der Waals surface area (Å²) >= 11 is 0. The molecule has 4 rings (SSSR count). The zero-order valence-electron chi connectivity index (χ0n) is 15.2. The molecule has 2 atom stereocenters. The first-order valence-electron chi connectivity index (χ1n) is 9.24. The van der Waals surface area contributed by atoms with Gasteiger partial charge in [-0.05, 0) is 70.4 Å². The van der Waals surface area contributed by atoms with Crippen LogP contribution in [-0.4, -0.2) is 22.0 Å². The van der Waals surface area contributed by atoms with Crippen molar-refractivity contribution in [3.63, 3.8) is 0 Å². The Balaban J connectivity index is 1.78. The zero-order chi connectivity index (χ0) is 17.6. The second-order valence-corrected chi connectivity index (χ2v) is 7.50. The van der Waals surface area contributed by atoms with Crippen molar-refractivity contribution in [2.24, 2.45) is 0 Å². The maximum absolute atomic E-state index is 13.3. The largest absolute Gasteiger partial charge is 0.364 e. The van der Waals surface area contributed by atoms with Crippen molar-refractivity contribution in [2.75, 3.05) is 4.90 Å². The summed E-state index contributed by atoms with van der Waals surface area (Å²) in [5.41, 5.74) is 6.05. The van der Waals surface area contributed by atoms with Gasteiger partial charge < -0.3 is 14.8 Å². The van der Waals surface area contributed by atoms with Crippen molar-refractivity contribution < 1.29 is 4.39 Å². The quantitative estimate of drug-likeness (QED) is 0.828. The van der Waals surface area contributed by atoms with Crippen LogP contribution >= 0.6 is 0 Å². The highest BCUT2D eigenvalue weighted by atomic mass is 19.1. The third-order valence-corrected chi connectivity index (χ3v) is 5.55. The van der Waals surface area contributed by atoms with Gasteiger partial charge in [-0.3, -0.25) is 0 Å². The molecule has 1 aromatic heterocycles. The lowest BCUT2D eigenvalue weighted by Gasteiger charge is -2.44. The Morgan fingerprint density at radius 1 is 1.08 bits per heavy atom. The number of hydrogen-bond acceptors (Lipinski definition) is 2. The van der Waals surface area contributed by atoms with Gasteiger partial charge in [0.1, 0.15) is 5.82 Å². The molecular formula is C21H26FN3. The van der Waals surface area contributed by atoms with E-state index < -0.39 is 0 Å². The Morgan fingerprint density at radius 3 is 2.44 bits per heavy atom. The van der Waals surface area contributed by atoms with Crippen LogP contribution < -0.4 is 4.90 Å². The molecule has 4 heteroatoms. The molecule has 0 saturated carbocycles. The Kier molecular flexibility index (Phi) is 4.06. The number of anilines is 1. The molecule has 3 heterocycles. The first-order chi connectivity index (χ1) is 12.0. The molecule has 1 N–H and O–H groups in total. The first-order valence-corrected chi connectivity index (χ1v) is 9.24. The summed E-state index contributed by atoms with van der Waals surface area (Å²) in [5.74, 6) is -0.195. The van der Waals surface area contributed by atoms with Gasteiger partial charge in [-0.15, -0.1) is 0 Å². The number of hydrogen-bond donors (Lipinski definition) is 1. The van der Waals surface area contributed by atoms with Gasteiger partial charge in [0, 0.05) is 40.9 Å². The van der Waals surface area contributed by atoms with Crippen LogP contribution in [0.1, 0.15) is 50.1 Å². The molecular weight excluding hydrogens is 313 g/mol. The van der Waals surface area contributed by atoms with Crippen LogP contribution in [0.15, 0.2) is 36.5 Å². The molecule has 0 bridgehead atoms. The molecule has 2 unspecified atom stereocenters. The van der Waals surface area contributed by atoms with Gasteiger partial charge in [0.25, 0.3) is 0 Å². The van der Waals surface area contributed by atoms with Crippen molar-refractivity contribution in [1.82, 2.24) is 9.88 Å². The molecule has 1 fully saturated rings. The van der Waals surface area contributed by atoms with Crippen molar-refractivity contribution >= 4 is 11.4 Å². The number of aromatic amines is 1. The minimum Gasteiger partial charge on any atom is -0.364 e. The van der Waals surface area contributed by atoms with Crippen LogP contribution in [-0.2, 0) is 6.54 Å². The second-order valence-electron chi connectivity index (χ2n) is 7.50. The summed E-state index contributed by atoms with van der Waals surface area (Å²) in [6, 6.07) is 10.1. The molecule has 2 aliphatic heterocycles. The van der Waals surface area contributed by atoms with E-state index in [4.69, 9.17) is 0 Å². The molecule has 2 aliphatic rings. The fraction of sp³-hybridized carbons (Fsp3) is 0.429. The number of nitrogens with zero attached hydrogens (tertiary/aromatic N) is 2. The Bertz CT molecular complexity index is 780. The van der Waals surface area contributed by atoms with Crippen molar-refractivity contribution in [1.29, 1.82) is 0 Å². The van der Waals surface area contributed by atoms with Gasteiger partial charge in [-0.2, -0.15) is 0 Å². The predicted molar refractivity (Wildman–Crippen MR) is 101 cm³/mol. The summed E-state index contributed by atoms with van der Waals surface area (Å²) < 4.78 is 13.3. The highest BCUT2D eigenvalue weighted by Crippen LogP contribution is 2.37. The van der Waals surface area contributed by atoms with Gasteiger partial charge in [0.15, 0.2) is 0 Å². The van der Waals surface area contributed by atoms with E-state index in [1.807, 2.05) is 12.1 Å². The van der Waals surface area contributed by atoms with E-state index in [1.165, 1.54) is 54.0 Å². The molecule has 2 aromatic rings. The third-order valence-electron chi connectivity index (χ3n) is 5.55. The Hall–Kier alpha value is -2.23. The number of piperidine rings is 1. The first kappa shape index (κ1) is 16.2. The van der Waals surface area contributed by atoms with Gasteiger partial charge in [0.2, 0.25) is 0 Å². The third kappa shape index (κ3) is 2.94. The lowest BCUT2D eigenvalue weighted by molar-refractivity contribution is 0.177. The fourth-order valence-corrected chi connectivity index (χ4v) is 4.33. The van der Waals surface area contributed by atoms with Crippen LogP contribution in [0.2, 0.25) is 0 Å². The number of aromatic nitrogens is 1. The average molecular weight is 339 g/mol. The average Bonchev–Trinajstić information content (AvgIpc) is 2.95. The van der Waals surface area contributed by atoms with Gasteiger partial charge >= 0.3 is 0 Å². The van der Waals surface area contributed by atoms with E-state index in [2.05, 4.69) is 47.8 Å². The molecule has 3 nitrogen and oxygen atoms in total. The molecule has 0 spiro atoms. The zero-order valence-corrected chi connectivity index (χ0v) is 15.2. The van der Waals surface area contributed by atoms with Crippen LogP contribution in [0.25, 0.3) is 5.70 Å². The summed E-state index contributed by atoms with van der Waals surface area (Å²) in [7, 11) is 0. The topological polar surface area (TPSA) is 22.3 Å². The summed E-state index contributed by atoms with van der Waals surface area (Å²) in [4.78, 5) is 8.32. The number of likely N-dealkylation sites (tertiary alicyclic amines) is 1. The van der Waals surface area contributed by atoms with Crippen molar-refractivity contribution in [3.8, 4) is 0 Å². The summed E-state index contributed by atoms with van der Waals surface area (Å²) in [6.45, 7) is 7.55. The lowest BCUT2D eigenvalue weighted by atomic mass is 9.94. The van der Waals surface area contributed by atoms with E-state index in [1.54, 1.807) is 0 Å². The SMILES string of the molecule is Cc1cc2c([nH]1)CN(c1ccc(F)cc1)C=C2N1C(C)CCCC1C. The number of rotatable bonds is 2. The van der Waals surface area contributed by atoms with Crippen molar-refractivity contribution in [2.45, 2.75) is 58.7 Å². The highest BCUT2D eigenvalue weighted by molar-refractivity contribution is 5.73. The maximum Gasteiger partial charge on any atom is 0.123 e. The highest BCUT2D eigenvalue weighted by Gasteiger charge is 2.31.